The molecule has 2 aliphatic heterocycles. The van der Waals surface area contributed by atoms with Crippen LogP contribution in [-0.2, 0) is 23.9 Å². The van der Waals surface area contributed by atoms with Crippen molar-refractivity contribution in [3.05, 3.63) is 0 Å². The number of nitrogens with zero attached hydrogens (tertiary/aromatic N) is 1. The van der Waals surface area contributed by atoms with Crippen molar-refractivity contribution in [3.63, 3.8) is 0 Å². The third kappa shape index (κ3) is 7.15. The summed E-state index contributed by atoms with van der Waals surface area (Å²) in [7, 11) is 0. The maximum absolute atomic E-state index is 13.5. The van der Waals surface area contributed by atoms with Crippen LogP contribution in [0.15, 0.2) is 0 Å². The van der Waals surface area contributed by atoms with Crippen LogP contribution in [0.25, 0.3) is 0 Å². The first-order valence-electron chi connectivity index (χ1n) is 12.8. The van der Waals surface area contributed by atoms with Crippen LogP contribution in [0.2, 0.25) is 0 Å². The van der Waals surface area contributed by atoms with Crippen LogP contribution in [0.1, 0.15) is 71.1 Å². The van der Waals surface area contributed by atoms with Crippen molar-refractivity contribution in [3.8, 4) is 0 Å². The second-order valence-corrected chi connectivity index (χ2v) is 9.55. The van der Waals surface area contributed by atoms with E-state index in [9.17, 15) is 19.2 Å². The first-order chi connectivity index (χ1) is 16.4. The zero-order valence-electron chi connectivity index (χ0n) is 20.4. The molecule has 0 aromatic rings. The fourth-order valence-corrected chi connectivity index (χ4v) is 4.85. The van der Waals surface area contributed by atoms with E-state index in [1.54, 1.807) is 4.90 Å². The van der Waals surface area contributed by atoms with Crippen LogP contribution in [0.5, 0.6) is 0 Å². The number of amides is 4. The Hall–Kier alpha value is -2.20. The Morgan fingerprint density at radius 3 is 2.41 bits per heavy atom. The summed E-state index contributed by atoms with van der Waals surface area (Å²) in [6.07, 6.45) is 7.27. The summed E-state index contributed by atoms with van der Waals surface area (Å²) in [5.74, 6) is -1.73. The lowest BCUT2D eigenvalue weighted by Crippen LogP contribution is -2.64. The van der Waals surface area contributed by atoms with Gasteiger partial charge in [0.05, 0.1) is 25.4 Å². The highest BCUT2D eigenvalue weighted by atomic mass is 16.5. The van der Waals surface area contributed by atoms with Gasteiger partial charge in [-0.05, 0) is 32.1 Å². The zero-order chi connectivity index (χ0) is 24.4. The molecule has 0 aromatic carbocycles. The molecular formula is C24H40N4O6. The lowest BCUT2D eigenvalue weighted by atomic mass is 9.80. The summed E-state index contributed by atoms with van der Waals surface area (Å²) in [5.41, 5.74) is -1.08. The molecule has 3 rings (SSSR count). The number of ketones is 1. The van der Waals surface area contributed by atoms with Crippen molar-refractivity contribution in [2.75, 3.05) is 39.5 Å². The molecule has 3 N–H and O–H groups in total. The van der Waals surface area contributed by atoms with Crippen molar-refractivity contribution >= 4 is 23.6 Å². The van der Waals surface area contributed by atoms with Crippen molar-refractivity contribution in [1.29, 1.82) is 0 Å². The van der Waals surface area contributed by atoms with E-state index in [0.29, 0.717) is 65.1 Å². The third-order valence-corrected chi connectivity index (χ3v) is 6.99. The highest BCUT2D eigenvalue weighted by Gasteiger charge is 2.43. The predicted octanol–water partition coefficient (Wildman–Crippen LogP) is 1.27. The van der Waals surface area contributed by atoms with Crippen LogP contribution < -0.4 is 16.0 Å². The Labute approximate surface area is 201 Å². The Balaban J connectivity index is 1.65. The number of carbonyl (C=O) groups excluding carboxylic acids is 4. The fourth-order valence-electron chi connectivity index (χ4n) is 4.85. The van der Waals surface area contributed by atoms with Gasteiger partial charge in [-0.2, -0.15) is 0 Å². The van der Waals surface area contributed by atoms with Crippen LogP contribution in [0, 0.1) is 0 Å². The zero-order valence-corrected chi connectivity index (χ0v) is 20.4. The largest absolute Gasteiger partial charge is 0.378 e. The number of Topliss-reactive ketones (excluding diaryl/α,β-unsaturated/α-hetero) is 1. The number of unbranched alkanes of at least 4 members (excludes halogenated alkanes) is 1. The van der Waals surface area contributed by atoms with E-state index in [1.807, 2.05) is 6.92 Å². The van der Waals surface area contributed by atoms with E-state index in [2.05, 4.69) is 16.0 Å². The lowest BCUT2D eigenvalue weighted by molar-refractivity contribution is -0.141. The Bertz CT molecular complexity index is 712. The molecule has 10 heteroatoms. The minimum atomic E-state index is -1.08. The normalized spacial score (nSPS) is 23.1. The van der Waals surface area contributed by atoms with Crippen LogP contribution in [0.3, 0.4) is 0 Å². The SMILES string of the molecule is CCCCC(NC(=O)C1(NC(=O)N2CCOCC2)CCCCC1)C(=O)C(=O)NCC1CCCO1. The second-order valence-electron chi connectivity index (χ2n) is 9.55. The monoisotopic (exact) mass is 480 g/mol. The van der Waals surface area contributed by atoms with Gasteiger partial charge < -0.3 is 30.3 Å². The standard InChI is InChI=1S/C24H40N4O6/c1-2-3-9-19(20(29)21(30)25-17-18-8-7-14-34-18)26-22(31)24(10-5-4-6-11-24)27-23(32)28-12-15-33-16-13-28/h18-19H,2-17H2,1H3,(H,25,30)(H,26,31)(H,27,32). The lowest BCUT2D eigenvalue weighted by Gasteiger charge is -2.39. The molecule has 0 bridgehead atoms. The number of carbonyl (C=O) groups is 4. The summed E-state index contributed by atoms with van der Waals surface area (Å²) in [5, 5.41) is 8.49. The summed E-state index contributed by atoms with van der Waals surface area (Å²) in [4.78, 5) is 53.7. The van der Waals surface area contributed by atoms with Crippen molar-refractivity contribution < 1.29 is 28.7 Å². The minimum Gasteiger partial charge on any atom is -0.378 e. The van der Waals surface area contributed by atoms with Gasteiger partial charge in [0, 0.05) is 26.2 Å². The molecular weight excluding hydrogens is 440 g/mol. The maximum atomic E-state index is 13.5. The van der Waals surface area contributed by atoms with Crippen LogP contribution in [-0.4, -0.2) is 85.7 Å². The van der Waals surface area contributed by atoms with E-state index in [0.717, 1.165) is 38.5 Å². The number of ether oxygens (including phenoxy) is 2. The number of hydrogen-bond acceptors (Lipinski definition) is 6. The highest BCUT2D eigenvalue weighted by Crippen LogP contribution is 2.29. The molecule has 2 heterocycles. The first kappa shape index (κ1) is 26.4. The molecule has 0 radical (unpaired) electrons. The quantitative estimate of drug-likeness (QED) is 0.404. The summed E-state index contributed by atoms with van der Waals surface area (Å²) < 4.78 is 10.8. The number of rotatable bonds is 10. The topological polar surface area (TPSA) is 126 Å². The average molecular weight is 481 g/mol. The van der Waals surface area contributed by atoms with Gasteiger partial charge in [-0.15, -0.1) is 0 Å². The molecule has 1 aliphatic carbocycles. The second kappa shape index (κ2) is 13.0. The van der Waals surface area contributed by atoms with Gasteiger partial charge in [-0.1, -0.05) is 39.0 Å². The van der Waals surface area contributed by atoms with Gasteiger partial charge >= 0.3 is 6.03 Å². The molecule has 0 spiro atoms. The molecule has 4 amide bonds. The molecule has 192 valence electrons. The third-order valence-electron chi connectivity index (χ3n) is 6.99. The van der Waals surface area contributed by atoms with Gasteiger partial charge in [0.25, 0.3) is 5.91 Å². The minimum absolute atomic E-state index is 0.0682. The van der Waals surface area contributed by atoms with Crippen molar-refractivity contribution in [2.24, 2.45) is 0 Å². The number of nitrogens with one attached hydrogen (secondary N) is 3. The van der Waals surface area contributed by atoms with Gasteiger partial charge in [-0.25, -0.2) is 4.79 Å². The van der Waals surface area contributed by atoms with Crippen LogP contribution in [0.4, 0.5) is 4.79 Å². The molecule has 2 unspecified atom stereocenters. The number of morpholine rings is 1. The molecule has 10 nitrogen and oxygen atoms in total. The van der Waals surface area contributed by atoms with Gasteiger partial charge in [0.15, 0.2) is 0 Å². The van der Waals surface area contributed by atoms with E-state index in [-0.39, 0.29) is 18.0 Å². The fraction of sp³-hybridized carbons (Fsp3) is 0.833. The Morgan fingerprint density at radius 2 is 1.76 bits per heavy atom. The first-order valence-corrected chi connectivity index (χ1v) is 12.8. The molecule has 2 saturated heterocycles. The predicted molar refractivity (Wildman–Crippen MR) is 125 cm³/mol. The molecule has 34 heavy (non-hydrogen) atoms. The summed E-state index contributed by atoms with van der Waals surface area (Å²) >= 11 is 0. The molecule has 1 saturated carbocycles. The molecule has 3 fully saturated rings. The van der Waals surface area contributed by atoms with E-state index < -0.39 is 23.3 Å². The van der Waals surface area contributed by atoms with Gasteiger partial charge in [0.2, 0.25) is 11.7 Å². The van der Waals surface area contributed by atoms with Crippen LogP contribution >= 0.6 is 0 Å². The molecule has 3 aliphatic rings. The molecule has 2 atom stereocenters. The molecule has 0 aromatic heterocycles. The van der Waals surface area contributed by atoms with E-state index in [1.165, 1.54) is 0 Å². The smallest absolute Gasteiger partial charge is 0.318 e. The number of hydrogen-bond donors (Lipinski definition) is 3. The van der Waals surface area contributed by atoms with Gasteiger partial charge in [-0.3, -0.25) is 14.4 Å². The Kier molecular flexibility index (Phi) is 10.1. The van der Waals surface area contributed by atoms with Gasteiger partial charge in [0.1, 0.15) is 5.54 Å². The summed E-state index contributed by atoms with van der Waals surface area (Å²) in [6.45, 7) is 4.85. The summed E-state index contributed by atoms with van der Waals surface area (Å²) in [6, 6.07) is -1.21. The van der Waals surface area contributed by atoms with E-state index in [4.69, 9.17) is 9.47 Å². The highest BCUT2D eigenvalue weighted by molar-refractivity contribution is 6.38. The van der Waals surface area contributed by atoms with Crippen molar-refractivity contribution in [1.82, 2.24) is 20.9 Å². The average Bonchev–Trinajstić information content (AvgIpc) is 3.39. The number of urea groups is 1. The Morgan fingerprint density at radius 1 is 1.03 bits per heavy atom. The van der Waals surface area contributed by atoms with E-state index >= 15 is 0 Å². The maximum Gasteiger partial charge on any atom is 0.318 e. The van der Waals surface area contributed by atoms with Crippen molar-refractivity contribution in [2.45, 2.75) is 88.8 Å².